The van der Waals surface area contributed by atoms with Crippen LogP contribution >= 0.6 is 0 Å². The standard InChI is InChI=1S/C22H24N2O2/c1-14(2)17-9-8-16-10-11-20(18(16)13-17)24-21(25)19(23-22(24)26)12-15-6-4-3-5-7-15/h3-9,13-14,19-20H,10-12H2,1-2H3,(H,23,26). The van der Waals surface area contributed by atoms with Gasteiger partial charge in [-0.2, -0.15) is 0 Å². The molecule has 26 heavy (non-hydrogen) atoms. The molecule has 0 radical (unpaired) electrons. The van der Waals surface area contributed by atoms with E-state index in [2.05, 4.69) is 37.4 Å². The third-order valence-electron chi connectivity index (χ3n) is 5.53. The second-order valence-electron chi connectivity index (χ2n) is 7.57. The van der Waals surface area contributed by atoms with E-state index in [4.69, 9.17) is 0 Å². The number of carbonyl (C=O) groups is 2. The molecule has 0 bridgehead atoms. The lowest BCUT2D eigenvalue weighted by atomic mass is 9.97. The Morgan fingerprint density at radius 2 is 1.88 bits per heavy atom. The molecule has 3 amide bonds. The maximum Gasteiger partial charge on any atom is 0.325 e. The Morgan fingerprint density at radius 1 is 1.12 bits per heavy atom. The number of hydrogen-bond donors (Lipinski definition) is 1. The monoisotopic (exact) mass is 348 g/mol. The lowest BCUT2D eigenvalue weighted by Gasteiger charge is -2.23. The van der Waals surface area contributed by atoms with E-state index in [-0.39, 0.29) is 18.0 Å². The van der Waals surface area contributed by atoms with Gasteiger partial charge in [0, 0.05) is 6.42 Å². The van der Waals surface area contributed by atoms with Gasteiger partial charge in [0.25, 0.3) is 5.91 Å². The maximum absolute atomic E-state index is 13.0. The molecule has 134 valence electrons. The van der Waals surface area contributed by atoms with Crippen LogP contribution in [0.2, 0.25) is 0 Å². The highest BCUT2D eigenvalue weighted by Crippen LogP contribution is 2.39. The number of rotatable bonds is 4. The lowest BCUT2D eigenvalue weighted by Crippen LogP contribution is -2.35. The molecule has 2 aromatic rings. The second kappa shape index (κ2) is 6.60. The Labute approximate surface area is 154 Å². The van der Waals surface area contributed by atoms with Crippen LogP contribution in [0.4, 0.5) is 4.79 Å². The first-order valence-electron chi connectivity index (χ1n) is 9.35. The largest absolute Gasteiger partial charge is 0.325 e. The van der Waals surface area contributed by atoms with Crippen molar-refractivity contribution >= 4 is 11.9 Å². The summed E-state index contributed by atoms with van der Waals surface area (Å²) < 4.78 is 0. The molecule has 1 saturated heterocycles. The second-order valence-corrected chi connectivity index (χ2v) is 7.57. The highest BCUT2D eigenvalue weighted by atomic mass is 16.2. The van der Waals surface area contributed by atoms with E-state index in [9.17, 15) is 9.59 Å². The Balaban J connectivity index is 1.59. The predicted octanol–water partition coefficient (Wildman–Crippen LogP) is 3.96. The molecule has 0 spiro atoms. The molecule has 4 nitrogen and oxygen atoms in total. The van der Waals surface area contributed by atoms with Crippen molar-refractivity contribution in [3.63, 3.8) is 0 Å². The Hall–Kier alpha value is -2.62. The minimum Gasteiger partial charge on any atom is -0.325 e. The quantitative estimate of drug-likeness (QED) is 0.850. The van der Waals surface area contributed by atoms with E-state index in [1.54, 1.807) is 0 Å². The van der Waals surface area contributed by atoms with Crippen molar-refractivity contribution in [2.24, 2.45) is 0 Å². The molecule has 0 saturated carbocycles. The van der Waals surface area contributed by atoms with Crippen LogP contribution in [0.15, 0.2) is 48.5 Å². The van der Waals surface area contributed by atoms with E-state index in [0.717, 1.165) is 24.0 Å². The number of urea groups is 1. The number of imide groups is 1. The van der Waals surface area contributed by atoms with Crippen LogP contribution in [0.3, 0.4) is 0 Å². The Kier molecular flexibility index (Phi) is 4.27. The fourth-order valence-corrected chi connectivity index (χ4v) is 4.06. The number of aryl methyl sites for hydroxylation is 1. The summed E-state index contributed by atoms with van der Waals surface area (Å²) in [5.74, 6) is 0.321. The summed E-state index contributed by atoms with van der Waals surface area (Å²) in [7, 11) is 0. The van der Waals surface area contributed by atoms with Crippen LogP contribution in [0.1, 0.15) is 54.5 Å². The van der Waals surface area contributed by atoms with Gasteiger partial charge < -0.3 is 5.32 Å². The fourth-order valence-electron chi connectivity index (χ4n) is 4.06. The maximum atomic E-state index is 13.0. The van der Waals surface area contributed by atoms with Gasteiger partial charge in [-0.25, -0.2) is 4.79 Å². The third kappa shape index (κ3) is 2.90. The van der Waals surface area contributed by atoms with Crippen molar-refractivity contribution in [3.8, 4) is 0 Å². The predicted molar refractivity (Wildman–Crippen MR) is 101 cm³/mol. The van der Waals surface area contributed by atoms with Gasteiger partial charge >= 0.3 is 6.03 Å². The number of benzene rings is 2. The highest BCUT2D eigenvalue weighted by Gasteiger charge is 2.44. The van der Waals surface area contributed by atoms with Gasteiger partial charge in [-0.3, -0.25) is 9.69 Å². The van der Waals surface area contributed by atoms with Crippen molar-refractivity contribution < 1.29 is 9.59 Å². The van der Waals surface area contributed by atoms with Gasteiger partial charge in [0.2, 0.25) is 0 Å². The van der Waals surface area contributed by atoms with E-state index in [0.29, 0.717) is 12.3 Å². The van der Waals surface area contributed by atoms with Crippen LogP contribution in [-0.2, 0) is 17.6 Å². The summed E-state index contributed by atoms with van der Waals surface area (Å²) in [6.07, 6.45) is 2.26. The number of fused-ring (bicyclic) bond motifs is 1. The molecular formula is C22H24N2O2. The molecule has 1 aliphatic heterocycles. The van der Waals surface area contributed by atoms with Gasteiger partial charge in [-0.05, 0) is 41.0 Å². The van der Waals surface area contributed by atoms with Gasteiger partial charge in [0.05, 0.1) is 6.04 Å². The van der Waals surface area contributed by atoms with E-state index >= 15 is 0 Å². The van der Waals surface area contributed by atoms with Crippen LogP contribution in [-0.4, -0.2) is 22.9 Å². The van der Waals surface area contributed by atoms with Crippen LogP contribution in [0.5, 0.6) is 0 Å². The minimum absolute atomic E-state index is 0.105. The Morgan fingerprint density at radius 3 is 2.62 bits per heavy atom. The molecular weight excluding hydrogens is 324 g/mol. The molecule has 2 unspecified atom stereocenters. The third-order valence-corrected chi connectivity index (χ3v) is 5.53. The number of carbonyl (C=O) groups excluding carboxylic acids is 2. The van der Waals surface area contributed by atoms with Gasteiger partial charge in [-0.15, -0.1) is 0 Å². The summed E-state index contributed by atoms with van der Waals surface area (Å²) >= 11 is 0. The number of nitrogens with one attached hydrogen (secondary N) is 1. The first kappa shape index (κ1) is 16.8. The van der Waals surface area contributed by atoms with Crippen molar-refractivity contribution in [2.75, 3.05) is 0 Å². The van der Waals surface area contributed by atoms with E-state index in [1.807, 2.05) is 30.3 Å². The molecule has 1 fully saturated rings. The van der Waals surface area contributed by atoms with Crippen LogP contribution in [0, 0.1) is 0 Å². The molecule has 1 heterocycles. The molecule has 2 aliphatic rings. The summed E-state index contributed by atoms with van der Waals surface area (Å²) in [6, 6.07) is 15.5. The van der Waals surface area contributed by atoms with Crippen molar-refractivity contribution in [1.82, 2.24) is 10.2 Å². The van der Waals surface area contributed by atoms with E-state index < -0.39 is 6.04 Å². The smallest absolute Gasteiger partial charge is 0.325 e. The zero-order chi connectivity index (χ0) is 18.3. The van der Waals surface area contributed by atoms with Crippen molar-refractivity contribution in [1.29, 1.82) is 0 Å². The SMILES string of the molecule is CC(C)c1ccc2c(c1)C(N1C(=O)NC(Cc3ccccc3)C1=O)CC2. The first-order valence-corrected chi connectivity index (χ1v) is 9.35. The number of amides is 3. The van der Waals surface area contributed by atoms with E-state index in [1.165, 1.54) is 16.0 Å². The topological polar surface area (TPSA) is 49.4 Å². The van der Waals surface area contributed by atoms with Gasteiger partial charge in [0.15, 0.2) is 0 Å². The first-order chi connectivity index (χ1) is 12.5. The normalized spacial score (nSPS) is 22.0. The molecule has 1 aliphatic carbocycles. The molecule has 4 heteroatoms. The van der Waals surface area contributed by atoms with Crippen molar-refractivity contribution in [2.45, 2.75) is 51.1 Å². The van der Waals surface area contributed by atoms with Crippen LogP contribution in [0.25, 0.3) is 0 Å². The minimum atomic E-state index is -0.470. The lowest BCUT2D eigenvalue weighted by molar-refractivity contribution is -0.129. The van der Waals surface area contributed by atoms with Crippen LogP contribution < -0.4 is 5.32 Å². The van der Waals surface area contributed by atoms with Gasteiger partial charge in [-0.1, -0.05) is 62.4 Å². The number of hydrogen-bond acceptors (Lipinski definition) is 2. The number of nitrogens with zero attached hydrogens (tertiary/aromatic N) is 1. The van der Waals surface area contributed by atoms with Gasteiger partial charge in [0.1, 0.15) is 6.04 Å². The molecule has 4 rings (SSSR count). The molecule has 0 aromatic heterocycles. The molecule has 2 atom stereocenters. The summed E-state index contributed by atoms with van der Waals surface area (Å²) in [4.78, 5) is 27.0. The van der Waals surface area contributed by atoms with Crippen molar-refractivity contribution in [3.05, 3.63) is 70.8 Å². The Bertz CT molecular complexity index is 844. The summed E-state index contributed by atoms with van der Waals surface area (Å²) in [5, 5.41) is 2.88. The summed E-state index contributed by atoms with van der Waals surface area (Å²) in [6.45, 7) is 4.32. The average Bonchev–Trinajstić information content (AvgIpc) is 3.16. The zero-order valence-corrected chi connectivity index (χ0v) is 15.2. The zero-order valence-electron chi connectivity index (χ0n) is 15.2. The average molecular weight is 348 g/mol. The molecule has 1 N–H and O–H groups in total. The molecule has 2 aromatic carbocycles. The fraction of sp³-hybridized carbons (Fsp3) is 0.364. The highest BCUT2D eigenvalue weighted by molar-refractivity contribution is 6.04. The summed E-state index contributed by atoms with van der Waals surface area (Å²) in [5.41, 5.74) is 4.71.